The van der Waals surface area contributed by atoms with Crippen molar-refractivity contribution in [3.63, 3.8) is 0 Å². The molecule has 1 fully saturated rings. The highest BCUT2D eigenvalue weighted by Gasteiger charge is 2.19. The molecule has 5 heteroatoms. The van der Waals surface area contributed by atoms with E-state index in [0.29, 0.717) is 31.2 Å². The van der Waals surface area contributed by atoms with Gasteiger partial charge in [-0.3, -0.25) is 4.79 Å². The van der Waals surface area contributed by atoms with Crippen LogP contribution in [0.25, 0.3) is 0 Å². The molecule has 0 saturated carbocycles. The van der Waals surface area contributed by atoms with E-state index in [0.717, 1.165) is 11.3 Å². The number of rotatable bonds is 4. The minimum absolute atomic E-state index is 0.00273. The van der Waals surface area contributed by atoms with E-state index in [1.807, 2.05) is 36.1 Å². The van der Waals surface area contributed by atoms with Crippen LogP contribution in [0.3, 0.4) is 0 Å². The van der Waals surface area contributed by atoms with Gasteiger partial charge in [-0.05, 0) is 36.8 Å². The molecule has 1 aromatic carbocycles. The van der Waals surface area contributed by atoms with Gasteiger partial charge in [0, 0.05) is 19.5 Å². The quantitative estimate of drug-likeness (QED) is 0.840. The first-order valence-corrected chi connectivity index (χ1v) is 6.40. The Morgan fingerprint density at radius 1 is 1.39 bits per heavy atom. The third kappa shape index (κ3) is 3.20. The molecule has 0 radical (unpaired) electrons. The molecular formula is C13H16N2O2S. The van der Waals surface area contributed by atoms with E-state index in [2.05, 4.69) is 5.32 Å². The number of hydrogen-bond acceptors (Lipinski definition) is 3. The number of carbonyl (C=O) groups is 1. The third-order valence-electron chi connectivity index (χ3n) is 2.75. The lowest BCUT2D eigenvalue weighted by atomic mass is 10.2. The van der Waals surface area contributed by atoms with Gasteiger partial charge in [-0.2, -0.15) is 0 Å². The van der Waals surface area contributed by atoms with Crippen LogP contribution in [0.4, 0.5) is 0 Å². The van der Waals surface area contributed by atoms with Crippen LogP contribution >= 0.6 is 12.2 Å². The number of hydrogen-bond donors (Lipinski definition) is 1. The van der Waals surface area contributed by atoms with Gasteiger partial charge in [-0.25, -0.2) is 0 Å². The van der Waals surface area contributed by atoms with Gasteiger partial charge in [0.1, 0.15) is 5.75 Å². The lowest BCUT2D eigenvalue weighted by molar-refractivity contribution is -0.120. The fraction of sp³-hybridized carbons (Fsp3) is 0.385. The molecule has 0 spiro atoms. The van der Waals surface area contributed by atoms with Crippen LogP contribution in [-0.4, -0.2) is 29.1 Å². The smallest absolute Gasteiger partial charge is 0.227 e. The van der Waals surface area contributed by atoms with Crippen molar-refractivity contribution in [2.45, 2.75) is 19.9 Å². The molecule has 0 bridgehead atoms. The summed E-state index contributed by atoms with van der Waals surface area (Å²) in [5.41, 5.74) is 1.15. The summed E-state index contributed by atoms with van der Waals surface area (Å²) < 4.78 is 5.39. The number of nitrogens with one attached hydrogen (secondary N) is 1. The normalized spacial score (nSPS) is 15.5. The zero-order valence-corrected chi connectivity index (χ0v) is 11.1. The zero-order chi connectivity index (χ0) is 13.0. The van der Waals surface area contributed by atoms with Crippen molar-refractivity contribution in [2.24, 2.45) is 0 Å². The lowest BCUT2D eigenvalue weighted by Gasteiger charge is -2.29. The van der Waals surface area contributed by atoms with Crippen molar-refractivity contribution in [3.8, 4) is 5.75 Å². The van der Waals surface area contributed by atoms with Gasteiger partial charge in [0.05, 0.1) is 6.61 Å². The number of carbonyl (C=O) groups excluding carboxylic acids is 1. The van der Waals surface area contributed by atoms with Gasteiger partial charge < -0.3 is 15.0 Å². The van der Waals surface area contributed by atoms with E-state index in [-0.39, 0.29) is 5.91 Å². The molecule has 4 nitrogen and oxygen atoms in total. The molecule has 1 aliphatic rings. The number of ether oxygens (including phenoxy) is 1. The Bertz CT molecular complexity index is 445. The van der Waals surface area contributed by atoms with Crippen molar-refractivity contribution < 1.29 is 9.53 Å². The molecule has 1 heterocycles. The summed E-state index contributed by atoms with van der Waals surface area (Å²) in [6, 6.07) is 7.93. The standard InChI is InChI=1S/C13H16N2O2S/c1-2-17-11-5-3-10(4-6-11)9-15-8-7-12(16)14-13(15)18/h3-6H,2,7-9H2,1H3,(H,14,16,18). The SMILES string of the molecule is CCOc1ccc(CN2CCC(=O)NC2=S)cc1. The van der Waals surface area contributed by atoms with E-state index in [1.165, 1.54) is 0 Å². The third-order valence-corrected chi connectivity index (χ3v) is 3.11. The first kappa shape index (κ1) is 12.8. The van der Waals surface area contributed by atoms with Gasteiger partial charge in [-0.1, -0.05) is 12.1 Å². The molecule has 1 N–H and O–H groups in total. The first-order valence-electron chi connectivity index (χ1n) is 5.99. The van der Waals surface area contributed by atoms with Gasteiger partial charge in [-0.15, -0.1) is 0 Å². The summed E-state index contributed by atoms with van der Waals surface area (Å²) in [5, 5.41) is 3.19. The van der Waals surface area contributed by atoms with Crippen LogP contribution in [0.1, 0.15) is 18.9 Å². The van der Waals surface area contributed by atoms with E-state index in [9.17, 15) is 4.79 Å². The topological polar surface area (TPSA) is 41.6 Å². The Balaban J connectivity index is 1.96. The highest BCUT2D eigenvalue weighted by Crippen LogP contribution is 2.14. The summed E-state index contributed by atoms with van der Waals surface area (Å²) in [6.45, 7) is 4.02. The fourth-order valence-electron chi connectivity index (χ4n) is 1.83. The average molecular weight is 264 g/mol. The van der Waals surface area contributed by atoms with Gasteiger partial charge in [0.2, 0.25) is 5.91 Å². The highest BCUT2D eigenvalue weighted by molar-refractivity contribution is 7.80. The van der Waals surface area contributed by atoms with Gasteiger partial charge >= 0.3 is 0 Å². The van der Waals surface area contributed by atoms with Crippen molar-refractivity contribution in [3.05, 3.63) is 29.8 Å². The average Bonchev–Trinajstić information content (AvgIpc) is 2.35. The first-order chi connectivity index (χ1) is 8.69. The van der Waals surface area contributed by atoms with E-state index >= 15 is 0 Å². The maximum Gasteiger partial charge on any atom is 0.227 e. The Morgan fingerprint density at radius 3 is 2.72 bits per heavy atom. The molecule has 1 saturated heterocycles. The van der Waals surface area contributed by atoms with Crippen LogP contribution in [0.5, 0.6) is 5.75 Å². The number of nitrogens with zero attached hydrogens (tertiary/aromatic N) is 1. The highest BCUT2D eigenvalue weighted by atomic mass is 32.1. The molecular weight excluding hydrogens is 248 g/mol. The maximum atomic E-state index is 11.1. The van der Waals surface area contributed by atoms with Crippen LogP contribution in [0.15, 0.2) is 24.3 Å². The summed E-state index contributed by atoms with van der Waals surface area (Å²) in [5.74, 6) is 0.874. The molecule has 18 heavy (non-hydrogen) atoms. The predicted octanol–water partition coefficient (Wildman–Crippen LogP) is 1.69. The summed E-state index contributed by atoms with van der Waals surface area (Å²) in [6.07, 6.45) is 0.497. The second kappa shape index (κ2) is 5.82. The molecule has 0 unspecified atom stereocenters. The minimum atomic E-state index is 0.00273. The van der Waals surface area contributed by atoms with Crippen LogP contribution in [0, 0.1) is 0 Å². The number of thiocarbonyl (C=S) groups is 1. The molecule has 1 aromatic rings. The monoisotopic (exact) mass is 264 g/mol. The molecule has 0 aromatic heterocycles. The molecule has 96 valence electrons. The van der Waals surface area contributed by atoms with E-state index in [1.54, 1.807) is 0 Å². The fourth-order valence-corrected chi connectivity index (χ4v) is 2.10. The Morgan fingerprint density at radius 2 is 2.11 bits per heavy atom. The molecule has 1 aliphatic heterocycles. The lowest BCUT2D eigenvalue weighted by Crippen LogP contribution is -2.48. The largest absolute Gasteiger partial charge is 0.494 e. The van der Waals surface area contributed by atoms with Crippen LogP contribution < -0.4 is 10.1 Å². The minimum Gasteiger partial charge on any atom is -0.494 e. The summed E-state index contributed by atoms with van der Waals surface area (Å²) in [7, 11) is 0. The number of benzene rings is 1. The van der Waals surface area contributed by atoms with Crippen molar-refractivity contribution in [1.29, 1.82) is 0 Å². The van der Waals surface area contributed by atoms with E-state index in [4.69, 9.17) is 17.0 Å². The maximum absolute atomic E-state index is 11.1. The zero-order valence-electron chi connectivity index (χ0n) is 10.3. The number of amides is 1. The van der Waals surface area contributed by atoms with Crippen molar-refractivity contribution in [2.75, 3.05) is 13.2 Å². The van der Waals surface area contributed by atoms with Crippen molar-refractivity contribution in [1.82, 2.24) is 10.2 Å². The summed E-state index contributed by atoms with van der Waals surface area (Å²) in [4.78, 5) is 13.1. The van der Waals surface area contributed by atoms with Crippen LogP contribution in [0.2, 0.25) is 0 Å². The van der Waals surface area contributed by atoms with Crippen molar-refractivity contribution >= 4 is 23.2 Å². The predicted molar refractivity (Wildman–Crippen MR) is 73.4 cm³/mol. The Hall–Kier alpha value is -1.62. The van der Waals surface area contributed by atoms with Gasteiger partial charge in [0.25, 0.3) is 0 Å². The second-order valence-electron chi connectivity index (χ2n) is 4.10. The molecule has 0 atom stereocenters. The van der Waals surface area contributed by atoms with Crippen LogP contribution in [-0.2, 0) is 11.3 Å². The Kier molecular flexibility index (Phi) is 4.15. The Labute approximate surface area is 112 Å². The molecule has 2 rings (SSSR count). The van der Waals surface area contributed by atoms with E-state index < -0.39 is 0 Å². The second-order valence-corrected chi connectivity index (χ2v) is 4.49. The molecule has 0 aliphatic carbocycles. The summed E-state index contributed by atoms with van der Waals surface area (Å²) >= 11 is 5.14. The van der Waals surface area contributed by atoms with Gasteiger partial charge in [0.15, 0.2) is 5.11 Å². The molecule has 1 amide bonds.